The van der Waals surface area contributed by atoms with Crippen LogP contribution in [0.3, 0.4) is 0 Å². The van der Waals surface area contributed by atoms with Crippen LogP contribution in [0.5, 0.6) is 0 Å². The minimum absolute atomic E-state index is 0.114. The lowest BCUT2D eigenvalue weighted by atomic mass is 10.1. The van der Waals surface area contributed by atoms with Crippen molar-refractivity contribution in [2.75, 3.05) is 4.90 Å². The Labute approximate surface area is 170 Å². The smallest absolute Gasteiger partial charge is 0.260 e. The first-order chi connectivity index (χ1) is 14.0. The second-order valence-corrected chi connectivity index (χ2v) is 7.37. The van der Waals surface area contributed by atoms with Gasteiger partial charge in [0, 0.05) is 11.9 Å². The summed E-state index contributed by atoms with van der Waals surface area (Å²) in [5, 5.41) is 3.05. The molecule has 2 heterocycles. The normalized spacial score (nSPS) is 16.4. The number of fused-ring (bicyclic) bond motifs is 1. The lowest BCUT2D eigenvalue weighted by Gasteiger charge is -2.25. The number of rotatable bonds is 5. The summed E-state index contributed by atoms with van der Waals surface area (Å²) in [5.41, 5.74) is 4.09. The average Bonchev–Trinajstić information content (AvgIpc) is 3.00. The van der Waals surface area contributed by atoms with Crippen molar-refractivity contribution in [3.63, 3.8) is 0 Å². The predicted octanol–water partition coefficient (Wildman–Crippen LogP) is 4.36. The summed E-state index contributed by atoms with van der Waals surface area (Å²) in [5.74, 6) is -0.233. The summed E-state index contributed by atoms with van der Waals surface area (Å²) in [6.45, 7) is 3.94. The number of carbonyl (C=O) groups is 2. The highest BCUT2D eigenvalue weighted by Gasteiger charge is 2.40. The predicted molar refractivity (Wildman–Crippen MR) is 113 cm³/mol. The SMILES string of the molecule is Cc1cccc(N2C(=O)c3cccnc3[C@@H]2CC(=O)N[C@H](C)c2ccccc2)c1. The zero-order chi connectivity index (χ0) is 20.4. The molecule has 2 aromatic carbocycles. The molecule has 3 aromatic rings. The van der Waals surface area contributed by atoms with Crippen molar-refractivity contribution in [2.24, 2.45) is 0 Å². The van der Waals surface area contributed by atoms with Crippen molar-refractivity contribution in [1.29, 1.82) is 0 Å². The number of hydrogen-bond donors (Lipinski definition) is 1. The second kappa shape index (κ2) is 7.87. The first kappa shape index (κ1) is 18.9. The minimum atomic E-state index is -0.427. The summed E-state index contributed by atoms with van der Waals surface area (Å²) in [4.78, 5) is 32.1. The molecule has 1 N–H and O–H groups in total. The lowest BCUT2D eigenvalue weighted by molar-refractivity contribution is -0.122. The van der Waals surface area contributed by atoms with Gasteiger partial charge in [-0.2, -0.15) is 0 Å². The number of carbonyl (C=O) groups excluding carboxylic acids is 2. The zero-order valence-corrected chi connectivity index (χ0v) is 16.5. The molecule has 0 radical (unpaired) electrons. The highest BCUT2D eigenvalue weighted by atomic mass is 16.2. The number of nitrogens with one attached hydrogen (secondary N) is 1. The molecule has 146 valence electrons. The molecule has 2 amide bonds. The van der Waals surface area contributed by atoms with Crippen molar-refractivity contribution in [3.8, 4) is 0 Å². The largest absolute Gasteiger partial charge is 0.350 e. The van der Waals surface area contributed by atoms with Crippen LogP contribution in [-0.2, 0) is 4.79 Å². The highest BCUT2D eigenvalue weighted by molar-refractivity contribution is 6.11. The topological polar surface area (TPSA) is 62.3 Å². The van der Waals surface area contributed by atoms with Gasteiger partial charge in [-0.05, 0) is 49.2 Å². The fourth-order valence-corrected chi connectivity index (χ4v) is 3.82. The zero-order valence-electron chi connectivity index (χ0n) is 16.5. The number of aromatic nitrogens is 1. The number of nitrogens with zero attached hydrogens (tertiary/aromatic N) is 2. The van der Waals surface area contributed by atoms with E-state index in [2.05, 4.69) is 10.3 Å². The molecule has 29 heavy (non-hydrogen) atoms. The second-order valence-electron chi connectivity index (χ2n) is 7.37. The Morgan fingerprint density at radius 2 is 1.90 bits per heavy atom. The van der Waals surface area contributed by atoms with Gasteiger partial charge in [0.1, 0.15) is 0 Å². The fraction of sp³-hybridized carbons (Fsp3) is 0.208. The molecule has 1 aliphatic rings. The van der Waals surface area contributed by atoms with E-state index >= 15 is 0 Å². The Balaban J connectivity index is 1.60. The van der Waals surface area contributed by atoms with Gasteiger partial charge in [0.05, 0.1) is 29.8 Å². The van der Waals surface area contributed by atoms with Gasteiger partial charge in [-0.1, -0.05) is 42.5 Å². The van der Waals surface area contributed by atoms with E-state index in [-0.39, 0.29) is 24.3 Å². The molecule has 0 saturated carbocycles. The van der Waals surface area contributed by atoms with E-state index in [1.54, 1.807) is 23.2 Å². The molecular formula is C24H23N3O2. The first-order valence-corrected chi connectivity index (χ1v) is 9.74. The van der Waals surface area contributed by atoms with E-state index in [0.29, 0.717) is 11.3 Å². The summed E-state index contributed by atoms with van der Waals surface area (Å²) >= 11 is 0. The van der Waals surface area contributed by atoms with Crippen molar-refractivity contribution < 1.29 is 9.59 Å². The van der Waals surface area contributed by atoms with Crippen molar-refractivity contribution in [2.45, 2.75) is 32.4 Å². The quantitative estimate of drug-likeness (QED) is 0.710. The van der Waals surface area contributed by atoms with Crippen molar-refractivity contribution in [1.82, 2.24) is 10.3 Å². The maximum atomic E-state index is 13.1. The average molecular weight is 385 g/mol. The molecule has 0 unspecified atom stereocenters. The van der Waals surface area contributed by atoms with Gasteiger partial charge in [-0.25, -0.2) is 0 Å². The molecule has 0 aliphatic carbocycles. The number of pyridine rings is 1. The van der Waals surface area contributed by atoms with E-state index in [1.165, 1.54) is 0 Å². The molecule has 0 spiro atoms. The minimum Gasteiger partial charge on any atom is -0.350 e. The van der Waals surface area contributed by atoms with Crippen LogP contribution in [0.1, 0.15) is 52.6 Å². The van der Waals surface area contributed by atoms with Crippen LogP contribution in [0.15, 0.2) is 72.9 Å². The first-order valence-electron chi connectivity index (χ1n) is 9.74. The molecule has 5 nitrogen and oxygen atoms in total. The number of hydrogen-bond acceptors (Lipinski definition) is 3. The van der Waals surface area contributed by atoms with Gasteiger partial charge in [-0.3, -0.25) is 19.5 Å². The molecule has 0 bridgehead atoms. The van der Waals surface area contributed by atoms with Crippen LogP contribution < -0.4 is 10.2 Å². The number of aryl methyl sites for hydroxylation is 1. The van der Waals surface area contributed by atoms with Gasteiger partial charge in [0.15, 0.2) is 0 Å². The molecular weight excluding hydrogens is 362 g/mol. The summed E-state index contributed by atoms with van der Waals surface area (Å²) in [7, 11) is 0. The third-order valence-electron chi connectivity index (χ3n) is 5.25. The van der Waals surface area contributed by atoms with Crippen LogP contribution >= 0.6 is 0 Å². The van der Waals surface area contributed by atoms with Crippen LogP contribution in [0.4, 0.5) is 5.69 Å². The van der Waals surface area contributed by atoms with Gasteiger partial charge in [-0.15, -0.1) is 0 Å². The van der Waals surface area contributed by atoms with E-state index in [0.717, 1.165) is 16.8 Å². The monoisotopic (exact) mass is 385 g/mol. The van der Waals surface area contributed by atoms with Gasteiger partial charge < -0.3 is 5.32 Å². The number of benzene rings is 2. The Morgan fingerprint density at radius 1 is 1.10 bits per heavy atom. The van der Waals surface area contributed by atoms with E-state index in [9.17, 15) is 9.59 Å². The van der Waals surface area contributed by atoms with Gasteiger partial charge in [0.2, 0.25) is 5.91 Å². The summed E-state index contributed by atoms with van der Waals surface area (Å²) in [6.07, 6.45) is 1.82. The van der Waals surface area contributed by atoms with Crippen LogP contribution in [0.2, 0.25) is 0 Å². The van der Waals surface area contributed by atoms with Crippen LogP contribution in [0, 0.1) is 6.92 Å². The van der Waals surface area contributed by atoms with Crippen LogP contribution in [-0.4, -0.2) is 16.8 Å². The standard InChI is InChI=1S/C24H23N3O2/c1-16-8-6-11-19(14-16)27-21(23-20(24(27)29)12-7-13-25-23)15-22(28)26-17(2)18-9-4-3-5-10-18/h3-14,17,21H,15H2,1-2H3,(H,26,28)/t17-,21+/m1/s1. The highest BCUT2D eigenvalue weighted by Crippen LogP contribution is 2.38. The van der Waals surface area contributed by atoms with Crippen molar-refractivity contribution >= 4 is 17.5 Å². The Bertz CT molecular complexity index is 1050. The molecule has 4 rings (SSSR count). The molecule has 5 heteroatoms. The summed E-state index contributed by atoms with van der Waals surface area (Å²) < 4.78 is 0. The maximum Gasteiger partial charge on any atom is 0.260 e. The van der Waals surface area contributed by atoms with E-state index in [1.807, 2.05) is 68.4 Å². The van der Waals surface area contributed by atoms with Crippen molar-refractivity contribution in [3.05, 3.63) is 95.3 Å². The molecule has 0 fully saturated rings. The Hall–Kier alpha value is -3.47. The van der Waals surface area contributed by atoms with E-state index in [4.69, 9.17) is 0 Å². The number of amides is 2. The van der Waals surface area contributed by atoms with Crippen LogP contribution in [0.25, 0.3) is 0 Å². The van der Waals surface area contributed by atoms with Gasteiger partial charge >= 0.3 is 0 Å². The third-order valence-corrected chi connectivity index (χ3v) is 5.25. The Morgan fingerprint density at radius 3 is 2.66 bits per heavy atom. The number of anilines is 1. The molecule has 1 aromatic heterocycles. The maximum absolute atomic E-state index is 13.1. The van der Waals surface area contributed by atoms with E-state index < -0.39 is 6.04 Å². The molecule has 1 aliphatic heterocycles. The third kappa shape index (κ3) is 3.76. The summed E-state index contributed by atoms with van der Waals surface area (Å²) in [6, 6.07) is 20.6. The molecule has 0 saturated heterocycles. The van der Waals surface area contributed by atoms with Gasteiger partial charge in [0.25, 0.3) is 5.91 Å². The molecule has 2 atom stereocenters. The lowest BCUT2D eigenvalue weighted by Crippen LogP contribution is -2.34. The fourth-order valence-electron chi connectivity index (χ4n) is 3.82. The Kier molecular flexibility index (Phi) is 5.12.